The van der Waals surface area contributed by atoms with Crippen LogP contribution in [0.4, 0.5) is 0 Å². The fourth-order valence-corrected chi connectivity index (χ4v) is 2.54. The molecule has 1 nitrogen and oxygen atoms in total. The van der Waals surface area contributed by atoms with Crippen LogP contribution in [0, 0.1) is 5.41 Å². The fourth-order valence-electron chi connectivity index (χ4n) is 2.54. The zero-order chi connectivity index (χ0) is 10.9. The molecule has 0 heterocycles. The molecule has 0 aromatic carbocycles. The van der Waals surface area contributed by atoms with Crippen LogP contribution in [0.2, 0.25) is 0 Å². The lowest BCUT2D eigenvalue weighted by Crippen LogP contribution is -2.34. The minimum absolute atomic E-state index is 0.265. The Hall–Kier alpha value is -0.560. The van der Waals surface area contributed by atoms with E-state index >= 15 is 0 Å². The lowest BCUT2D eigenvalue weighted by atomic mass is 9.72. The van der Waals surface area contributed by atoms with E-state index in [1.165, 1.54) is 18.4 Å². The summed E-state index contributed by atoms with van der Waals surface area (Å²) >= 11 is 0. The lowest BCUT2D eigenvalue weighted by molar-refractivity contribution is 0.0905. The number of allylic oxidation sites excluding steroid dienone is 2. The van der Waals surface area contributed by atoms with Gasteiger partial charge >= 0.3 is 0 Å². The highest BCUT2D eigenvalue weighted by atomic mass is 16.3. The molecule has 1 heteroatoms. The average molecular weight is 206 g/mol. The molecule has 0 fully saturated rings. The highest BCUT2D eigenvalue weighted by molar-refractivity contribution is 5.29. The summed E-state index contributed by atoms with van der Waals surface area (Å²) in [6.45, 7) is 4.47. The predicted octanol–water partition coefficient (Wildman–Crippen LogP) is 3.59. The maximum Gasteiger partial charge on any atom is 0.104 e. The Morgan fingerprint density at radius 3 is 2.47 bits per heavy atom. The van der Waals surface area contributed by atoms with Gasteiger partial charge in [0.2, 0.25) is 0 Å². The second kappa shape index (κ2) is 3.79. The Kier molecular flexibility index (Phi) is 2.76. The van der Waals surface area contributed by atoms with Crippen molar-refractivity contribution in [1.82, 2.24) is 0 Å². The summed E-state index contributed by atoms with van der Waals surface area (Å²) in [6.07, 6.45) is 13.2. The van der Waals surface area contributed by atoms with E-state index < -0.39 is 5.60 Å². The SMILES string of the molecule is CC1(C)C=CC(O)(C2=CCCCC2)CC1. The smallest absolute Gasteiger partial charge is 0.104 e. The molecule has 2 aliphatic carbocycles. The van der Waals surface area contributed by atoms with Crippen molar-refractivity contribution >= 4 is 0 Å². The van der Waals surface area contributed by atoms with Crippen molar-refractivity contribution in [2.24, 2.45) is 5.41 Å². The summed E-state index contributed by atoms with van der Waals surface area (Å²) in [5.74, 6) is 0. The van der Waals surface area contributed by atoms with Gasteiger partial charge in [-0.05, 0) is 49.5 Å². The largest absolute Gasteiger partial charge is 0.381 e. The molecule has 84 valence electrons. The van der Waals surface area contributed by atoms with Gasteiger partial charge in [-0.25, -0.2) is 0 Å². The highest BCUT2D eigenvalue weighted by Gasteiger charge is 2.34. The normalized spacial score (nSPS) is 35.0. The number of aliphatic hydroxyl groups is 1. The van der Waals surface area contributed by atoms with Gasteiger partial charge in [-0.15, -0.1) is 0 Å². The van der Waals surface area contributed by atoms with Gasteiger partial charge in [0.1, 0.15) is 5.60 Å². The van der Waals surface area contributed by atoms with Crippen LogP contribution in [0.25, 0.3) is 0 Å². The molecule has 1 atom stereocenters. The molecule has 0 bridgehead atoms. The third kappa shape index (κ3) is 2.34. The molecule has 0 aromatic rings. The minimum Gasteiger partial charge on any atom is -0.381 e. The molecule has 0 spiro atoms. The van der Waals surface area contributed by atoms with Crippen LogP contribution < -0.4 is 0 Å². The quantitative estimate of drug-likeness (QED) is 0.650. The summed E-state index contributed by atoms with van der Waals surface area (Å²) in [6, 6.07) is 0. The van der Waals surface area contributed by atoms with Gasteiger partial charge in [-0.1, -0.05) is 32.1 Å². The molecular weight excluding hydrogens is 184 g/mol. The van der Waals surface area contributed by atoms with Crippen LogP contribution in [-0.2, 0) is 0 Å². The summed E-state index contributed by atoms with van der Waals surface area (Å²) < 4.78 is 0. The van der Waals surface area contributed by atoms with Crippen molar-refractivity contribution < 1.29 is 5.11 Å². The van der Waals surface area contributed by atoms with Crippen LogP contribution in [0.15, 0.2) is 23.8 Å². The van der Waals surface area contributed by atoms with E-state index in [4.69, 9.17) is 0 Å². The molecule has 1 unspecified atom stereocenters. The highest BCUT2D eigenvalue weighted by Crippen LogP contribution is 2.40. The van der Waals surface area contributed by atoms with Crippen LogP contribution in [0.3, 0.4) is 0 Å². The molecule has 0 radical (unpaired) electrons. The zero-order valence-corrected chi connectivity index (χ0v) is 9.92. The lowest BCUT2D eigenvalue weighted by Gasteiger charge is -2.37. The molecule has 2 rings (SSSR count). The maximum atomic E-state index is 10.6. The average Bonchev–Trinajstić information content (AvgIpc) is 2.24. The van der Waals surface area contributed by atoms with Gasteiger partial charge in [0.25, 0.3) is 0 Å². The summed E-state index contributed by atoms with van der Waals surface area (Å²) in [5.41, 5.74) is 0.915. The van der Waals surface area contributed by atoms with E-state index in [0.717, 1.165) is 25.7 Å². The van der Waals surface area contributed by atoms with E-state index in [2.05, 4.69) is 26.0 Å². The van der Waals surface area contributed by atoms with E-state index in [9.17, 15) is 5.11 Å². The van der Waals surface area contributed by atoms with Crippen molar-refractivity contribution in [1.29, 1.82) is 0 Å². The summed E-state index contributed by atoms with van der Waals surface area (Å²) in [4.78, 5) is 0. The van der Waals surface area contributed by atoms with Gasteiger partial charge < -0.3 is 5.11 Å². The van der Waals surface area contributed by atoms with Crippen molar-refractivity contribution in [3.05, 3.63) is 23.8 Å². The first kappa shape index (κ1) is 10.9. The standard InChI is InChI=1S/C14H22O/c1-13(2)8-10-14(15,11-9-13)12-6-4-3-5-7-12/h6,8,10,15H,3-5,7,9,11H2,1-2H3. The van der Waals surface area contributed by atoms with Crippen LogP contribution in [0.1, 0.15) is 52.4 Å². The zero-order valence-electron chi connectivity index (χ0n) is 9.92. The molecule has 15 heavy (non-hydrogen) atoms. The third-order valence-electron chi connectivity index (χ3n) is 3.81. The molecule has 0 aliphatic heterocycles. The molecule has 0 amide bonds. The fraction of sp³-hybridized carbons (Fsp3) is 0.714. The van der Waals surface area contributed by atoms with Crippen molar-refractivity contribution in [3.8, 4) is 0 Å². The number of hydrogen-bond acceptors (Lipinski definition) is 1. The number of rotatable bonds is 1. The van der Waals surface area contributed by atoms with Gasteiger partial charge in [0.15, 0.2) is 0 Å². The molecule has 0 saturated carbocycles. The Labute approximate surface area is 92.9 Å². The Morgan fingerprint density at radius 2 is 1.93 bits per heavy atom. The van der Waals surface area contributed by atoms with Gasteiger partial charge in [-0.2, -0.15) is 0 Å². The Bertz CT molecular complexity index is 298. The number of hydrogen-bond donors (Lipinski definition) is 1. The Balaban J connectivity index is 2.18. The molecule has 0 aromatic heterocycles. The molecule has 0 saturated heterocycles. The van der Waals surface area contributed by atoms with Gasteiger partial charge in [0, 0.05) is 0 Å². The summed E-state index contributed by atoms with van der Waals surface area (Å²) in [5, 5.41) is 10.6. The van der Waals surface area contributed by atoms with Crippen LogP contribution in [0.5, 0.6) is 0 Å². The first-order valence-corrected chi connectivity index (χ1v) is 6.14. The third-order valence-corrected chi connectivity index (χ3v) is 3.81. The van der Waals surface area contributed by atoms with Crippen molar-refractivity contribution in [3.63, 3.8) is 0 Å². The monoisotopic (exact) mass is 206 g/mol. The van der Waals surface area contributed by atoms with E-state index in [-0.39, 0.29) is 5.41 Å². The van der Waals surface area contributed by atoms with Crippen molar-refractivity contribution in [2.45, 2.75) is 58.0 Å². The first-order valence-electron chi connectivity index (χ1n) is 6.14. The van der Waals surface area contributed by atoms with E-state index in [1.807, 2.05) is 6.08 Å². The second-order valence-electron chi connectivity index (χ2n) is 5.72. The molecular formula is C14H22O. The van der Waals surface area contributed by atoms with E-state index in [0.29, 0.717) is 0 Å². The summed E-state index contributed by atoms with van der Waals surface area (Å²) in [7, 11) is 0. The van der Waals surface area contributed by atoms with Gasteiger partial charge in [0.05, 0.1) is 0 Å². The molecule has 1 N–H and O–H groups in total. The Morgan fingerprint density at radius 1 is 1.13 bits per heavy atom. The topological polar surface area (TPSA) is 20.2 Å². The maximum absolute atomic E-state index is 10.6. The van der Waals surface area contributed by atoms with Gasteiger partial charge in [-0.3, -0.25) is 0 Å². The molecule has 2 aliphatic rings. The first-order chi connectivity index (χ1) is 7.02. The minimum atomic E-state index is -0.615. The van der Waals surface area contributed by atoms with Crippen LogP contribution >= 0.6 is 0 Å². The second-order valence-corrected chi connectivity index (χ2v) is 5.72. The van der Waals surface area contributed by atoms with E-state index in [1.54, 1.807) is 0 Å². The predicted molar refractivity (Wildman–Crippen MR) is 63.7 cm³/mol. The van der Waals surface area contributed by atoms with Crippen molar-refractivity contribution in [2.75, 3.05) is 0 Å². The van der Waals surface area contributed by atoms with Crippen LogP contribution in [-0.4, -0.2) is 10.7 Å².